The van der Waals surface area contributed by atoms with E-state index in [1.807, 2.05) is 4.90 Å². The molecule has 1 heterocycles. The maximum atomic E-state index is 13.1. The summed E-state index contributed by atoms with van der Waals surface area (Å²) in [6.07, 6.45) is 0. The molecule has 2 aromatic rings. The van der Waals surface area contributed by atoms with Crippen molar-refractivity contribution in [3.63, 3.8) is 0 Å². The van der Waals surface area contributed by atoms with Gasteiger partial charge in [-0.1, -0.05) is 11.6 Å². The Balaban J connectivity index is 1.59. The number of hydrogen-bond acceptors (Lipinski definition) is 4. The first-order chi connectivity index (χ1) is 12.9. The number of halogens is 3. The summed E-state index contributed by atoms with van der Waals surface area (Å²) in [6, 6.07) is 9.03. The number of rotatable bonds is 5. The van der Waals surface area contributed by atoms with Gasteiger partial charge < -0.3 is 20.3 Å². The van der Waals surface area contributed by atoms with E-state index < -0.39 is 5.82 Å². The van der Waals surface area contributed by atoms with E-state index in [1.54, 1.807) is 18.2 Å². The van der Waals surface area contributed by atoms with Crippen molar-refractivity contribution in [2.75, 3.05) is 36.5 Å². The largest absolute Gasteiger partial charge is 0.483 e. The Bertz CT molecular complexity index is 881. The molecule has 1 fully saturated rings. The molecule has 1 aliphatic heterocycles. The normalized spacial score (nSPS) is 13.9. The van der Waals surface area contributed by atoms with Crippen molar-refractivity contribution >= 4 is 50.7 Å². The fourth-order valence-electron chi connectivity index (χ4n) is 2.62. The Morgan fingerprint density at radius 1 is 1.33 bits per heavy atom. The minimum atomic E-state index is -0.403. The molecule has 0 aliphatic carbocycles. The maximum Gasteiger partial charge on any atom is 0.262 e. The zero-order valence-corrected chi connectivity index (χ0v) is 16.4. The van der Waals surface area contributed by atoms with Gasteiger partial charge in [0.1, 0.15) is 11.6 Å². The van der Waals surface area contributed by atoms with Gasteiger partial charge in [0, 0.05) is 18.8 Å². The van der Waals surface area contributed by atoms with Crippen LogP contribution in [0.1, 0.15) is 0 Å². The van der Waals surface area contributed by atoms with Crippen molar-refractivity contribution in [1.82, 2.24) is 5.32 Å². The summed E-state index contributed by atoms with van der Waals surface area (Å²) in [6.45, 7) is 1.23. The molecule has 2 aromatic carbocycles. The van der Waals surface area contributed by atoms with Gasteiger partial charge in [-0.3, -0.25) is 9.59 Å². The molecule has 0 unspecified atom stereocenters. The second-order valence-corrected chi connectivity index (χ2v) is 7.11. The van der Waals surface area contributed by atoms with Gasteiger partial charge in [-0.25, -0.2) is 4.39 Å². The lowest BCUT2D eigenvalue weighted by Crippen LogP contribution is -2.47. The Hall–Kier alpha value is -2.32. The van der Waals surface area contributed by atoms with Crippen molar-refractivity contribution < 1.29 is 18.7 Å². The van der Waals surface area contributed by atoms with E-state index in [0.717, 1.165) is 5.69 Å². The highest BCUT2D eigenvalue weighted by Crippen LogP contribution is 2.29. The number of hydrogen-bond donors (Lipinski definition) is 2. The lowest BCUT2D eigenvalue weighted by Gasteiger charge is -2.29. The third-order valence-electron chi connectivity index (χ3n) is 3.86. The van der Waals surface area contributed by atoms with Crippen LogP contribution in [0.15, 0.2) is 40.9 Å². The summed E-state index contributed by atoms with van der Waals surface area (Å²) < 4.78 is 18.9. The topological polar surface area (TPSA) is 70.7 Å². The number of benzene rings is 2. The predicted octanol–water partition coefficient (Wildman–Crippen LogP) is 3.20. The third-order valence-corrected chi connectivity index (χ3v) is 4.79. The van der Waals surface area contributed by atoms with Gasteiger partial charge in [-0.2, -0.15) is 0 Å². The Morgan fingerprint density at radius 3 is 2.85 bits per heavy atom. The molecule has 27 heavy (non-hydrogen) atoms. The highest BCUT2D eigenvalue weighted by molar-refractivity contribution is 9.10. The van der Waals surface area contributed by atoms with Crippen LogP contribution in [0, 0.1) is 5.82 Å². The van der Waals surface area contributed by atoms with Crippen LogP contribution >= 0.6 is 27.5 Å². The highest BCUT2D eigenvalue weighted by atomic mass is 79.9. The van der Waals surface area contributed by atoms with E-state index in [4.69, 9.17) is 16.3 Å². The minimum Gasteiger partial charge on any atom is -0.483 e. The summed E-state index contributed by atoms with van der Waals surface area (Å²) in [4.78, 5) is 25.5. The van der Waals surface area contributed by atoms with Gasteiger partial charge in [0.05, 0.1) is 21.7 Å². The predicted molar refractivity (Wildman–Crippen MR) is 105 cm³/mol. The van der Waals surface area contributed by atoms with Crippen LogP contribution in [-0.2, 0) is 9.59 Å². The summed E-state index contributed by atoms with van der Waals surface area (Å²) in [5, 5.41) is 5.88. The van der Waals surface area contributed by atoms with Gasteiger partial charge in [0.15, 0.2) is 6.61 Å². The molecule has 0 aromatic heterocycles. The van der Waals surface area contributed by atoms with E-state index in [0.29, 0.717) is 34.0 Å². The van der Waals surface area contributed by atoms with Crippen LogP contribution in [0.25, 0.3) is 0 Å². The Labute approximate surface area is 168 Å². The molecule has 1 saturated heterocycles. The molecule has 3 rings (SSSR count). The van der Waals surface area contributed by atoms with Crippen LogP contribution in [0.3, 0.4) is 0 Å². The van der Waals surface area contributed by atoms with Crippen molar-refractivity contribution in [2.45, 2.75) is 0 Å². The number of piperazine rings is 1. The summed E-state index contributed by atoms with van der Waals surface area (Å²) in [5.41, 5.74) is 1.24. The highest BCUT2D eigenvalue weighted by Gasteiger charge is 2.19. The van der Waals surface area contributed by atoms with E-state index in [1.165, 1.54) is 18.2 Å². The average molecular weight is 457 g/mol. The lowest BCUT2D eigenvalue weighted by molar-refractivity contribution is -0.120. The van der Waals surface area contributed by atoms with E-state index in [2.05, 4.69) is 26.6 Å². The van der Waals surface area contributed by atoms with Crippen LogP contribution in [0.2, 0.25) is 5.02 Å². The standard InChI is InChI=1S/C18H16BrClFN3O3/c19-13-7-11(21)1-4-16(13)27-10-18(26)23-12-2-3-15(14(20)8-12)24-6-5-22-17(25)9-24/h1-4,7-8H,5-6,9-10H2,(H,22,25)(H,23,26). The molecule has 1 aliphatic rings. The molecule has 2 N–H and O–H groups in total. The van der Waals surface area contributed by atoms with Gasteiger partial charge in [-0.05, 0) is 52.3 Å². The van der Waals surface area contributed by atoms with Gasteiger partial charge in [0.2, 0.25) is 5.91 Å². The van der Waals surface area contributed by atoms with Crippen LogP contribution < -0.4 is 20.3 Å². The zero-order valence-electron chi connectivity index (χ0n) is 14.1. The van der Waals surface area contributed by atoms with Crippen LogP contribution in [-0.4, -0.2) is 38.1 Å². The summed E-state index contributed by atoms with van der Waals surface area (Å²) in [5.74, 6) is -0.478. The van der Waals surface area contributed by atoms with Crippen LogP contribution in [0.5, 0.6) is 5.75 Å². The van der Waals surface area contributed by atoms with E-state index in [-0.39, 0.29) is 25.0 Å². The zero-order chi connectivity index (χ0) is 19.4. The molecule has 6 nitrogen and oxygen atoms in total. The third kappa shape index (κ3) is 5.11. The van der Waals surface area contributed by atoms with Crippen molar-refractivity contribution in [1.29, 1.82) is 0 Å². The Kier molecular flexibility index (Phi) is 6.18. The van der Waals surface area contributed by atoms with Crippen LogP contribution in [0.4, 0.5) is 15.8 Å². The van der Waals surface area contributed by atoms with E-state index >= 15 is 0 Å². The SMILES string of the molecule is O=C1CN(c2ccc(NC(=O)COc3ccc(F)cc3Br)cc2Cl)CCN1. The fourth-order valence-corrected chi connectivity index (χ4v) is 3.38. The maximum absolute atomic E-state index is 13.1. The van der Waals surface area contributed by atoms with Crippen molar-refractivity contribution in [2.24, 2.45) is 0 Å². The smallest absolute Gasteiger partial charge is 0.262 e. The number of carbonyl (C=O) groups excluding carboxylic acids is 2. The number of carbonyl (C=O) groups is 2. The molecule has 0 spiro atoms. The van der Waals surface area contributed by atoms with E-state index in [9.17, 15) is 14.0 Å². The molecule has 0 atom stereocenters. The van der Waals surface area contributed by atoms with Crippen molar-refractivity contribution in [3.8, 4) is 5.75 Å². The molecule has 9 heteroatoms. The number of nitrogens with zero attached hydrogens (tertiary/aromatic N) is 1. The lowest BCUT2D eigenvalue weighted by atomic mass is 10.2. The molecule has 142 valence electrons. The minimum absolute atomic E-state index is 0.0567. The summed E-state index contributed by atoms with van der Waals surface area (Å²) >= 11 is 9.48. The molecular formula is C18H16BrClFN3O3. The average Bonchev–Trinajstić information content (AvgIpc) is 2.61. The molecular weight excluding hydrogens is 441 g/mol. The first kappa shape index (κ1) is 19.4. The monoisotopic (exact) mass is 455 g/mol. The number of nitrogens with one attached hydrogen (secondary N) is 2. The number of amides is 2. The van der Waals surface area contributed by atoms with Gasteiger partial charge in [-0.15, -0.1) is 0 Å². The quantitative estimate of drug-likeness (QED) is 0.725. The summed E-state index contributed by atoms with van der Waals surface area (Å²) in [7, 11) is 0. The first-order valence-electron chi connectivity index (χ1n) is 8.11. The second-order valence-electron chi connectivity index (χ2n) is 5.85. The molecule has 0 saturated carbocycles. The Morgan fingerprint density at radius 2 is 2.15 bits per heavy atom. The first-order valence-corrected chi connectivity index (χ1v) is 9.28. The number of ether oxygens (including phenoxy) is 1. The van der Waals surface area contributed by atoms with Gasteiger partial charge >= 0.3 is 0 Å². The van der Waals surface area contributed by atoms with Crippen molar-refractivity contribution in [3.05, 3.63) is 51.7 Å². The van der Waals surface area contributed by atoms with Gasteiger partial charge in [0.25, 0.3) is 5.91 Å². The second kappa shape index (κ2) is 8.58. The molecule has 0 bridgehead atoms. The molecule has 2 amide bonds. The fraction of sp³-hybridized carbons (Fsp3) is 0.222. The molecule has 0 radical (unpaired) electrons. The number of anilines is 2.